The van der Waals surface area contributed by atoms with Crippen molar-refractivity contribution >= 4 is 32.0 Å². The van der Waals surface area contributed by atoms with Crippen LogP contribution in [-0.2, 0) is 28.6 Å². The molecule has 0 spiro atoms. The third-order valence-corrected chi connectivity index (χ3v) is 5.56. The van der Waals surface area contributed by atoms with E-state index < -0.39 is 43.7 Å². The number of ether oxygens (including phenoxy) is 3. The van der Waals surface area contributed by atoms with Gasteiger partial charge in [0.25, 0.3) is 0 Å². The standard InChI is InChI=1S/C21H38N2O7Si/c1-21(2,3)30-19(26)16(23-20(27)29-14-15-31(5,6)7)10-8-9-13-22-17(24)11-12-18(25)28-4/h11-12,16H,8-10,13-15H2,1-7H3,(H,22,24)(H,23,27)/t16-/m0/s1. The maximum absolute atomic E-state index is 12.5. The molecule has 0 saturated heterocycles. The molecule has 2 amide bonds. The lowest BCUT2D eigenvalue weighted by molar-refractivity contribution is -0.157. The maximum Gasteiger partial charge on any atom is 0.407 e. The highest BCUT2D eigenvalue weighted by atomic mass is 28.3. The Bertz CT molecular complexity index is 637. The first-order valence-corrected chi connectivity index (χ1v) is 14.1. The van der Waals surface area contributed by atoms with Crippen LogP contribution >= 0.6 is 0 Å². The van der Waals surface area contributed by atoms with E-state index in [1.165, 1.54) is 7.11 Å². The third kappa shape index (κ3) is 17.1. The number of unbranched alkanes of at least 4 members (excludes halogenated alkanes) is 1. The molecule has 0 fully saturated rings. The summed E-state index contributed by atoms with van der Waals surface area (Å²) in [7, 11) is -0.109. The molecule has 0 saturated carbocycles. The molecular weight excluding hydrogens is 420 g/mol. The monoisotopic (exact) mass is 458 g/mol. The highest BCUT2D eigenvalue weighted by Gasteiger charge is 2.27. The summed E-state index contributed by atoms with van der Waals surface area (Å²) in [5.74, 6) is -1.56. The average Bonchev–Trinajstić information content (AvgIpc) is 2.62. The molecule has 0 unspecified atom stereocenters. The van der Waals surface area contributed by atoms with Gasteiger partial charge in [-0.05, 0) is 46.1 Å². The van der Waals surface area contributed by atoms with E-state index >= 15 is 0 Å². The summed E-state index contributed by atoms with van der Waals surface area (Å²) >= 11 is 0. The maximum atomic E-state index is 12.5. The van der Waals surface area contributed by atoms with Gasteiger partial charge in [0.15, 0.2) is 0 Å². The zero-order valence-corrected chi connectivity index (χ0v) is 20.8. The van der Waals surface area contributed by atoms with Crippen molar-refractivity contribution in [1.82, 2.24) is 10.6 Å². The molecule has 0 aliphatic rings. The molecular formula is C21H38N2O7Si. The smallest absolute Gasteiger partial charge is 0.407 e. The van der Waals surface area contributed by atoms with E-state index in [4.69, 9.17) is 9.47 Å². The molecule has 9 nitrogen and oxygen atoms in total. The van der Waals surface area contributed by atoms with E-state index in [9.17, 15) is 19.2 Å². The van der Waals surface area contributed by atoms with Gasteiger partial charge >= 0.3 is 18.0 Å². The summed E-state index contributed by atoms with van der Waals surface area (Å²) < 4.78 is 15.0. The molecule has 0 bridgehead atoms. The van der Waals surface area contributed by atoms with E-state index in [0.717, 1.165) is 18.2 Å². The lowest BCUT2D eigenvalue weighted by Gasteiger charge is -2.24. The van der Waals surface area contributed by atoms with Gasteiger partial charge in [-0.2, -0.15) is 0 Å². The van der Waals surface area contributed by atoms with Crippen LogP contribution < -0.4 is 10.6 Å². The first-order valence-electron chi connectivity index (χ1n) is 10.4. The summed E-state index contributed by atoms with van der Waals surface area (Å²) in [6.45, 7) is 12.5. The summed E-state index contributed by atoms with van der Waals surface area (Å²) in [6, 6.07) is -0.00436. The fraction of sp³-hybridized carbons (Fsp3) is 0.714. The Morgan fingerprint density at radius 2 is 1.68 bits per heavy atom. The third-order valence-electron chi connectivity index (χ3n) is 3.86. The Hall–Kier alpha value is -2.36. The first-order chi connectivity index (χ1) is 14.2. The van der Waals surface area contributed by atoms with E-state index in [-0.39, 0.29) is 0 Å². The second kappa shape index (κ2) is 13.8. The number of rotatable bonds is 12. The van der Waals surface area contributed by atoms with Gasteiger partial charge in [0, 0.05) is 26.8 Å². The molecule has 0 aromatic carbocycles. The van der Waals surface area contributed by atoms with Crippen LogP contribution in [0.1, 0.15) is 40.0 Å². The highest BCUT2D eigenvalue weighted by molar-refractivity contribution is 6.76. The van der Waals surface area contributed by atoms with Crippen molar-refractivity contribution in [2.45, 2.75) is 77.4 Å². The zero-order valence-electron chi connectivity index (χ0n) is 19.8. The fourth-order valence-corrected chi connectivity index (χ4v) is 2.93. The number of carbonyl (C=O) groups is 4. The molecule has 0 aliphatic heterocycles. The molecule has 0 aromatic heterocycles. The van der Waals surface area contributed by atoms with E-state index in [1.807, 2.05) is 0 Å². The SMILES string of the molecule is COC(=O)C=CC(=O)NCCCC[C@H](NC(=O)OCC[Si](C)(C)C)C(=O)OC(C)(C)C. The van der Waals surface area contributed by atoms with Crippen LogP contribution in [0.25, 0.3) is 0 Å². The predicted molar refractivity (Wildman–Crippen MR) is 120 cm³/mol. The van der Waals surface area contributed by atoms with Crippen molar-refractivity contribution in [3.05, 3.63) is 12.2 Å². The van der Waals surface area contributed by atoms with Gasteiger partial charge in [-0.3, -0.25) is 4.79 Å². The molecule has 1 atom stereocenters. The van der Waals surface area contributed by atoms with Crippen LogP contribution in [0.2, 0.25) is 25.7 Å². The Kier molecular flexibility index (Phi) is 12.8. The van der Waals surface area contributed by atoms with Gasteiger partial charge in [-0.25, -0.2) is 14.4 Å². The topological polar surface area (TPSA) is 120 Å². The number of amides is 2. The Morgan fingerprint density at radius 1 is 1.03 bits per heavy atom. The normalized spacial score (nSPS) is 12.7. The average molecular weight is 459 g/mol. The second-order valence-electron chi connectivity index (χ2n) is 9.32. The number of nitrogens with one attached hydrogen (secondary N) is 2. The van der Waals surface area contributed by atoms with Gasteiger partial charge in [-0.1, -0.05) is 19.6 Å². The molecule has 0 radical (unpaired) electrons. The lowest BCUT2D eigenvalue weighted by atomic mass is 10.1. The van der Waals surface area contributed by atoms with Gasteiger partial charge in [0.2, 0.25) is 5.91 Å². The van der Waals surface area contributed by atoms with E-state index in [1.54, 1.807) is 20.8 Å². The van der Waals surface area contributed by atoms with Crippen LogP contribution in [-0.4, -0.2) is 63.9 Å². The van der Waals surface area contributed by atoms with Crippen molar-refractivity contribution in [1.29, 1.82) is 0 Å². The van der Waals surface area contributed by atoms with Crippen molar-refractivity contribution in [2.75, 3.05) is 20.3 Å². The largest absolute Gasteiger partial charge is 0.466 e. The number of methoxy groups -OCH3 is 1. The summed E-state index contributed by atoms with van der Waals surface area (Å²) in [5.41, 5.74) is -0.682. The number of alkyl carbamates (subject to hydrolysis) is 1. The molecule has 2 N–H and O–H groups in total. The van der Waals surface area contributed by atoms with Crippen molar-refractivity contribution in [3.8, 4) is 0 Å². The lowest BCUT2D eigenvalue weighted by Crippen LogP contribution is -2.44. The van der Waals surface area contributed by atoms with Gasteiger partial charge in [-0.15, -0.1) is 0 Å². The molecule has 31 heavy (non-hydrogen) atoms. The number of hydrogen-bond acceptors (Lipinski definition) is 7. The van der Waals surface area contributed by atoms with Gasteiger partial charge in [0.1, 0.15) is 11.6 Å². The zero-order chi connectivity index (χ0) is 24.1. The van der Waals surface area contributed by atoms with Crippen LogP contribution in [0, 0.1) is 0 Å². The molecule has 0 aliphatic carbocycles. The van der Waals surface area contributed by atoms with Crippen molar-refractivity contribution in [2.24, 2.45) is 0 Å². The van der Waals surface area contributed by atoms with Crippen LogP contribution in [0.3, 0.4) is 0 Å². The van der Waals surface area contributed by atoms with Crippen molar-refractivity contribution < 1.29 is 33.4 Å². The van der Waals surface area contributed by atoms with Gasteiger partial charge < -0.3 is 24.8 Å². The number of esters is 2. The molecule has 10 heteroatoms. The van der Waals surface area contributed by atoms with Crippen LogP contribution in [0.4, 0.5) is 4.79 Å². The second-order valence-corrected chi connectivity index (χ2v) is 14.9. The number of hydrogen-bond donors (Lipinski definition) is 2. The first kappa shape index (κ1) is 28.6. The van der Waals surface area contributed by atoms with Crippen LogP contribution in [0.5, 0.6) is 0 Å². The predicted octanol–water partition coefficient (Wildman–Crippen LogP) is 2.78. The minimum atomic E-state index is -1.33. The summed E-state index contributed by atoms with van der Waals surface area (Å²) in [4.78, 5) is 47.1. The Labute approximate surface area is 186 Å². The van der Waals surface area contributed by atoms with E-state index in [0.29, 0.717) is 32.4 Å². The molecule has 0 aromatic rings. The minimum absolute atomic E-state index is 0.313. The highest BCUT2D eigenvalue weighted by Crippen LogP contribution is 2.12. The Morgan fingerprint density at radius 3 is 2.23 bits per heavy atom. The van der Waals surface area contributed by atoms with E-state index in [2.05, 4.69) is 35.0 Å². The summed E-state index contributed by atoms with van der Waals surface area (Å²) in [5, 5.41) is 5.22. The van der Waals surface area contributed by atoms with Crippen molar-refractivity contribution in [3.63, 3.8) is 0 Å². The quantitative estimate of drug-likeness (QED) is 0.152. The molecule has 0 heterocycles. The fourth-order valence-electron chi connectivity index (χ4n) is 2.21. The Balaban J connectivity index is 4.57. The molecule has 178 valence electrons. The number of carbonyl (C=O) groups excluding carboxylic acids is 4. The molecule has 0 rings (SSSR count). The van der Waals surface area contributed by atoms with Gasteiger partial charge in [0.05, 0.1) is 13.7 Å². The minimum Gasteiger partial charge on any atom is -0.466 e. The van der Waals surface area contributed by atoms with Crippen LogP contribution in [0.15, 0.2) is 12.2 Å². The summed E-state index contributed by atoms with van der Waals surface area (Å²) in [6.07, 6.45) is 2.95.